The van der Waals surface area contributed by atoms with Gasteiger partial charge in [0, 0.05) is 25.1 Å². The maximum Gasteiger partial charge on any atom is 0.345 e. The van der Waals surface area contributed by atoms with E-state index in [1.54, 1.807) is 0 Å². The molecule has 9 heteroatoms. The molecule has 118 valence electrons. The van der Waals surface area contributed by atoms with Gasteiger partial charge in [0.15, 0.2) is 0 Å². The first-order valence-electron chi connectivity index (χ1n) is 6.14. The summed E-state index contributed by atoms with van der Waals surface area (Å²) in [5.74, 6) is -1.94. The summed E-state index contributed by atoms with van der Waals surface area (Å²) in [5.41, 5.74) is -0.699. The number of ether oxygens (including phenoxy) is 1. The molecule has 0 fully saturated rings. The van der Waals surface area contributed by atoms with E-state index < -0.39 is 28.4 Å². The van der Waals surface area contributed by atoms with Gasteiger partial charge in [-0.2, -0.15) is 0 Å². The minimum Gasteiger partial charge on any atom is -0.465 e. The van der Waals surface area contributed by atoms with Gasteiger partial charge in [-0.05, 0) is 13.0 Å². The summed E-state index contributed by atoms with van der Waals surface area (Å²) in [6.07, 6.45) is 0. The van der Waals surface area contributed by atoms with Crippen molar-refractivity contribution in [2.24, 2.45) is 0 Å². The number of nitrogens with one attached hydrogen (secondary N) is 2. The molecule has 0 radical (unpaired) electrons. The van der Waals surface area contributed by atoms with Crippen LogP contribution in [0.15, 0.2) is 6.07 Å². The maximum absolute atomic E-state index is 11.8. The van der Waals surface area contributed by atoms with E-state index in [4.69, 9.17) is 0 Å². The molecular formula is C13H15N3O6. The van der Waals surface area contributed by atoms with Crippen molar-refractivity contribution in [3.8, 4) is 0 Å². The average Bonchev–Trinajstić information content (AvgIpc) is 2.40. The van der Waals surface area contributed by atoms with Crippen LogP contribution in [0.5, 0.6) is 0 Å². The van der Waals surface area contributed by atoms with Crippen LogP contribution in [-0.2, 0) is 14.3 Å². The van der Waals surface area contributed by atoms with Crippen LogP contribution in [-0.4, -0.2) is 29.8 Å². The number of anilines is 2. The van der Waals surface area contributed by atoms with Gasteiger partial charge in [0.25, 0.3) is 0 Å². The highest BCUT2D eigenvalue weighted by Crippen LogP contribution is 2.37. The minimum absolute atomic E-state index is 0.163. The molecule has 0 spiro atoms. The first kappa shape index (κ1) is 17.1. The van der Waals surface area contributed by atoms with Gasteiger partial charge < -0.3 is 15.4 Å². The lowest BCUT2D eigenvalue weighted by Crippen LogP contribution is -2.16. The first-order valence-corrected chi connectivity index (χ1v) is 6.14. The molecule has 0 heterocycles. The Morgan fingerprint density at radius 2 is 1.73 bits per heavy atom. The molecule has 22 heavy (non-hydrogen) atoms. The Morgan fingerprint density at radius 3 is 2.14 bits per heavy atom. The standard InChI is InChI=1S/C13H15N3O6/c1-6-10(14-7(2)17)5-9(13(19)22-4)12(16(20)21)11(6)15-8(3)18/h5H,1-4H3,(H,14,17)(H,15,18). The maximum atomic E-state index is 11.8. The number of nitro groups is 1. The van der Waals surface area contributed by atoms with Crippen molar-refractivity contribution in [3.63, 3.8) is 0 Å². The molecule has 0 atom stereocenters. The molecule has 0 bridgehead atoms. The van der Waals surface area contributed by atoms with Crippen LogP contribution in [0.4, 0.5) is 17.1 Å². The highest BCUT2D eigenvalue weighted by molar-refractivity contribution is 6.04. The van der Waals surface area contributed by atoms with Gasteiger partial charge in [-0.25, -0.2) is 4.79 Å². The van der Waals surface area contributed by atoms with Gasteiger partial charge in [-0.1, -0.05) is 0 Å². The predicted octanol–water partition coefficient (Wildman–Crippen LogP) is 1.61. The SMILES string of the molecule is COC(=O)c1cc(NC(C)=O)c(C)c(NC(C)=O)c1[N+](=O)[O-]. The highest BCUT2D eigenvalue weighted by Gasteiger charge is 2.30. The fourth-order valence-electron chi connectivity index (χ4n) is 1.87. The second kappa shape index (κ2) is 6.66. The largest absolute Gasteiger partial charge is 0.465 e. The molecule has 2 N–H and O–H groups in total. The average molecular weight is 309 g/mol. The van der Waals surface area contributed by atoms with E-state index in [0.29, 0.717) is 0 Å². The van der Waals surface area contributed by atoms with Gasteiger partial charge in [-0.15, -0.1) is 0 Å². The number of rotatable bonds is 4. The van der Waals surface area contributed by atoms with Gasteiger partial charge in [-0.3, -0.25) is 19.7 Å². The number of hydrogen-bond donors (Lipinski definition) is 2. The van der Waals surface area contributed by atoms with Crippen molar-refractivity contribution in [1.82, 2.24) is 0 Å². The molecule has 0 aromatic heterocycles. The number of nitrogens with zero attached hydrogens (tertiary/aromatic N) is 1. The Labute approximate surface area is 125 Å². The quantitative estimate of drug-likeness (QED) is 0.494. The Morgan fingerprint density at radius 1 is 1.18 bits per heavy atom. The number of hydrogen-bond acceptors (Lipinski definition) is 6. The molecule has 0 aliphatic carbocycles. The number of nitro benzene ring substituents is 1. The second-order valence-corrected chi connectivity index (χ2v) is 4.43. The van der Waals surface area contributed by atoms with E-state index in [9.17, 15) is 24.5 Å². The number of carbonyl (C=O) groups excluding carboxylic acids is 3. The molecule has 9 nitrogen and oxygen atoms in total. The van der Waals surface area contributed by atoms with Crippen molar-refractivity contribution >= 4 is 34.8 Å². The third-order valence-electron chi connectivity index (χ3n) is 2.76. The van der Waals surface area contributed by atoms with Crippen molar-refractivity contribution in [3.05, 3.63) is 27.3 Å². The zero-order valence-corrected chi connectivity index (χ0v) is 12.5. The molecule has 0 aliphatic rings. The van der Waals surface area contributed by atoms with E-state index >= 15 is 0 Å². The number of carbonyl (C=O) groups is 3. The molecular weight excluding hydrogens is 294 g/mol. The number of esters is 1. The lowest BCUT2D eigenvalue weighted by Gasteiger charge is -2.15. The lowest BCUT2D eigenvalue weighted by atomic mass is 10.0. The topological polar surface area (TPSA) is 128 Å². The Hall–Kier alpha value is -2.97. The van der Waals surface area contributed by atoms with Crippen LogP contribution in [0.3, 0.4) is 0 Å². The summed E-state index contributed by atoms with van der Waals surface area (Å²) in [7, 11) is 1.07. The molecule has 1 rings (SSSR count). The summed E-state index contributed by atoms with van der Waals surface area (Å²) >= 11 is 0. The first-order chi connectivity index (χ1) is 10.2. The molecule has 0 saturated carbocycles. The number of benzene rings is 1. The highest BCUT2D eigenvalue weighted by atomic mass is 16.6. The van der Waals surface area contributed by atoms with E-state index in [2.05, 4.69) is 15.4 Å². The minimum atomic E-state index is -0.954. The monoisotopic (exact) mass is 309 g/mol. The Balaban J connectivity index is 3.73. The second-order valence-electron chi connectivity index (χ2n) is 4.43. The Kier molecular flexibility index (Phi) is 5.17. The fourth-order valence-corrected chi connectivity index (χ4v) is 1.87. The van der Waals surface area contributed by atoms with Crippen molar-refractivity contribution in [2.75, 3.05) is 17.7 Å². The number of amides is 2. The van der Waals surface area contributed by atoms with E-state index in [0.717, 1.165) is 13.2 Å². The molecule has 1 aromatic carbocycles. The fraction of sp³-hybridized carbons (Fsp3) is 0.308. The van der Waals surface area contributed by atoms with Gasteiger partial charge in [0.1, 0.15) is 11.3 Å². The summed E-state index contributed by atoms with van der Waals surface area (Å²) in [6, 6.07) is 1.14. The van der Waals surface area contributed by atoms with E-state index in [-0.39, 0.29) is 22.5 Å². The zero-order valence-electron chi connectivity index (χ0n) is 12.5. The van der Waals surface area contributed by atoms with E-state index in [1.807, 2.05) is 0 Å². The summed E-state index contributed by atoms with van der Waals surface area (Å²) in [6.45, 7) is 3.90. The van der Waals surface area contributed by atoms with Crippen LogP contribution in [0.1, 0.15) is 29.8 Å². The third kappa shape index (κ3) is 3.57. The molecule has 0 saturated heterocycles. The van der Waals surface area contributed by atoms with Crippen molar-refractivity contribution < 1.29 is 24.0 Å². The summed E-state index contributed by atoms with van der Waals surface area (Å²) < 4.78 is 4.52. The summed E-state index contributed by atoms with van der Waals surface area (Å²) in [4.78, 5) is 44.8. The van der Waals surface area contributed by atoms with E-state index in [1.165, 1.54) is 20.8 Å². The molecule has 0 aliphatic heterocycles. The predicted molar refractivity (Wildman–Crippen MR) is 77.8 cm³/mol. The van der Waals surface area contributed by atoms with Crippen LogP contribution < -0.4 is 10.6 Å². The smallest absolute Gasteiger partial charge is 0.345 e. The van der Waals surface area contributed by atoms with Gasteiger partial charge in [0.2, 0.25) is 11.8 Å². The molecule has 0 unspecified atom stereocenters. The lowest BCUT2D eigenvalue weighted by molar-refractivity contribution is -0.384. The van der Waals surface area contributed by atoms with Crippen LogP contribution in [0, 0.1) is 17.0 Å². The van der Waals surface area contributed by atoms with Gasteiger partial charge >= 0.3 is 11.7 Å². The van der Waals surface area contributed by atoms with Gasteiger partial charge in [0.05, 0.1) is 12.0 Å². The van der Waals surface area contributed by atoms with Crippen LogP contribution >= 0.6 is 0 Å². The molecule has 2 amide bonds. The third-order valence-corrected chi connectivity index (χ3v) is 2.76. The summed E-state index contributed by atoms with van der Waals surface area (Å²) in [5, 5.41) is 16.1. The van der Waals surface area contributed by atoms with Crippen molar-refractivity contribution in [2.45, 2.75) is 20.8 Å². The van der Waals surface area contributed by atoms with Crippen LogP contribution in [0.2, 0.25) is 0 Å². The Bertz CT molecular complexity index is 668. The molecule has 1 aromatic rings. The number of methoxy groups -OCH3 is 1. The van der Waals surface area contributed by atoms with Crippen LogP contribution in [0.25, 0.3) is 0 Å². The zero-order chi connectivity index (χ0) is 17.0. The normalized spacial score (nSPS) is 9.82. The van der Waals surface area contributed by atoms with Crippen molar-refractivity contribution in [1.29, 1.82) is 0 Å².